The van der Waals surface area contributed by atoms with Crippen molar-refractivity contribution in [2.24, 2.45) is 0 Å². The number of rotatable bonds is 2. The predicted octanol–water partition coefficient (Wildman–Crippen LogP) is 2.70. The Balaban J connectivity index is 2.33. The molecule has 1 aliphatic heterocycles. The summed E-state index contributed by atoms with van der Waals surface area (Å²) in [5, 5.41) is 0. The van der Waals surface area contributed by atoms with Crippen LogP contribution in [0.25, 0.3) is 0 Å². The van der Waals surface area contributed by atoms with E-state index in [1.807, 2.05) is 6.07 Å². The number of pyridine rings is 1. The fourth-order valence-corrected chi connectivity index (χ4v) is 2.02. The summed E-state index contributed by atoms with van der Waals surface area (Å²) >= 11 is 3.40. The van der Waals surface area contributed by atoms with Gasteiger partial charge in [-0.2, -0.15) is 0 Å². The summed E-state index contributed by atoms with van der Waals surface area (Å²) in [7, 11) is 1.63. The van der Waals surface area contributed by atoms with Gasteiger partial charge in [0.15, 0.2) is 0 Å². The lowest BCUT2D eigenvalue weighted by Gasteiger charge is -2.13. The Morgan fingerprint density at radius 2 is 2.50 bits per heavy atom. The highest BCUT2D eigenvalue weighted by Crippen LogP contribution is 2.34. The molecular weight excluding hydrogens is 246 g/mol. The number of hydrogen-bond donors (Lipinski definition) is 0. The largest absolute Gasteiger partial charge is 0.481 e. The van der Waals surface area contributed by atoms with E-state index in [0.29, 0.717) is 5.88 Å². The molecule has 1 fully saturated rings. The van der Waals surface area contributed by atoms with Gasteiger partial charge in [-0.1, -0.05) is 0 Å². The average molecular weight is 258 g/mol. The summed E-state index contributed by atoms with van der Waals surface area (Å²) in [6.07, 6.45) is 4.04. The number of nitrogens with zero attached hydrogens (tertiary/aromatic N) is 1. The molecule has 14 heavy (non-hydrogen) atoms. The van der Waals surface area contributed by atoms with E-state index >= 15 is 0 Å². The van der Waals surface area contributed by atoms with Crippen LogP contribution in [0.4, 0.5) is 0 Å². The second-order valence-corrected chi connectivity index (χ2v) is 4.17. The van der Waals surface area contributed by atoms with Gasteiger partial charge < -0.3 is 9.47 Å². The molecule has 1 aromatic heterocycles. The quantitative estimate of drug-likeness (QED) is 0.817. The molecule has 0 aliphatic carbocycles. The minimum Gasteiger partial charge on any atom is -0.481 e. The average Bonchev–Trinajstić information content (AvgIpc) is 2.70. The van der Waals surface area contributed by atoms with Crippen LogP contribution in [0.1, 0.15) is 24.5 Å². The van der Waals surface area contributed by atoms with Gasteiger partial charge in [-0.25, -0.2) is 4.98 Å². The van der Waals surface area contributed by atoms with Crippen molar-refractivity contribution in [1.29, 1.82) is 0 Å². The molecular formula is C10H12BrNO2. The van der Waals surface area contributed by atoms with Crippen LogP contribution < -0.4 is 4.74 Å². The molecule has 4 heteroatoms. The first-order chi connectivity index (χ1) is 6.81. The fourth-order valence-electron chi connectivity index (χ4n) is 1.67. The van der Waals surface area contributed by atoms with Crippen molar-refractivity contribution in [2.45, 2.75) is 18.9 Å². The maximum atomic E-state index is 5.60. The van der Waals surface area contributed by atoms with E-state index in [1.54, 1.807) is 13.3 Å². The van der Waals surface area contributed by atoms with Gasteiger partial charge in [0.25, 0.3) is 0 Å². The number of aromatic nitrogens is 1. The molecule has 0 spiro atoms. The first-order valence-corrected chi connectivity index (χ1v) is 5.41. The van der Waals surface area contributed by atoms with Crippen LogP contribution in [0, 0.1) is 0 Å². The van der Waals surface area contributed by atoms with E-state index in [1.165, 1.54) is 0 Å². The number of ether oxygens (including phenoxy) is 2. The van der Waals surface area contributed by atoms with Crippen LogP contribution in [0.2, 0.25) is 0 Å². The Bertz CT molecular complexity index is 324. The Kier molecular flexibility index (Phi) is 3.03. The smallest absolute Gasteiger partial charge is 0.218 e. The summed E-state index contributed by atoms with van der Waals surface area (Å²) < 4.78 is 11.8. The van der Waals surface area contributed by atoms with E-state index in [0.717, 1.165) is 29.5 Å². The molecule has 2 heterocycles. The van der Waals surface area contributed by atoms with Gasteiger partial charge in [0.1, 0.15) is 0 Å². The predicted molar refractivity (Wildman–Crippen MR) is 56.4 cm³/mol. The lowest BCUT2D eigenvalue weighted by molar-refractivity contribution is 0.109. The van der Waals surface area contributed by atoms with E-state index < -0.39 is 0 Å². The molecule has 1 atom stereocenters. The highest BCUT2D eigenvalue weighted by atomic mass is 79.9. The molecule has 1 unspecified atom stereocenters. The summed E-state index contributed by atoms with van der Waals surface area (Å²) in [6.45, 7) is 0.834. The lowest BCUT2D eigenvalue weighted by Crippen LogP contribution is -2.01. The maximum absolute atomic E-state index is 5.60. The fraction of sp³-hybridized carbons (Fsp3) is 0.500. The first-order valence-electron chi connectivity index (χ1n) is 4.62. The molecule has 0 bridgehead atoms. The third-order valence-corrected chi connectivity index (χ3v) is 2.75. The number of hydrogen-bond acceptors (Lipinski definition) is 3. The molecule has 1 aromatic rings. The van der Waals surface area contributed by atoms with E-state index in [-0.39, 0.29) is 6.10 Å². The maximum Gasteiger partial charge on any atom is 0.218 e. The molecule has 0 aromatic carbocycles. The Morgan fingerprint density at radius 1 is 1.64 bits per heavy atom. The van der Waals surface area contributed by atoms with Crippen LogP contribution in [0.3, 0.4) is 0 Å². The second-order valence-electron chi connectivity index (χ2n) is 3.25. The summed E-state index contributed by atoms with van der Waals surface area (Å²) in [4.78, 5) is 4.19. The second kappa shape index (κ2) is 4.28. The molecule has 0 amide bonds. The van der Waals surface area contributed by atoms with Gasteiger partial charge in [0.05, 0.1) is 13.2 Å². The zero-order valence-electron chi connectivity index (χ0n) is 8.00. The first kappa shape index (κ1) is 9.93. The van der Waals surface area contributed by atoms with Crippen molar-refractivity contribution in [3.8, 4) is 5.88 Å². The van der Waals surface area contributed by atoms with Crippen LogP contribution in [0.15, 0.2) is 16.7 Å². The van der Waals surface area contributed by atoms with Gasteiger partial charge in [0, 0.05) is 22.8 Å². The van der Waals surface area contributed by atoms with Gasteiger partial charge in [0.2, 0.25) is 5.88 Å². The topological polar surface area (TPSA) is 31.4 Å². The van der Waals surface area contributed by atoms with Gasteiger partial charge in [-0.05, 0) is 34.8 Å². The van der Waals surface area contributed by atoms with Crippen molar-refractivity contribution in [3.05, 3.63) is 22.3 Å². The highest BCUT2D eigenvalue weighted by molar-refractivity contribution is 9.10. The molecule has 2 rings (SSSR count). The minimum absolute atomic E-state index is 0.148. The van der Waals surface area contributed by atoms with Gasteiger partial charge in [-0.15, -0.1) is 0 Å². The molecule has 76 valence electrons. The lowest BCUT2D eigenvalue weighted by atomic mass is 10.1. The zero-order valence-corrected chi connectivity index (χ0v) is 9.58. The third-order valence-electron chi connectivity index (χ3n) is 2.32. The monoisotopic (exact) mass is 257 g/mol. The van der Waals surface area contributed by atoms with E-state index in [9.17, 15) is 0 Å². The SMILES string of the molecule is COc1ncc(Br)cc1C1CCCO1. The Morgan fingerprint density at radius 3 is 3.14 bits per heavy atom. The normalized spacial score (nSPS) is 21.1. The van der Waals surface area contributed by atoms with E-state index in [2.05, 4.69) is 20.9 Å². The molecule has 1 saturated heterocycles. The van der Waals surface area contributed by atoms with Crippen LogP contribution >= 0.6 is 15.9 Å². The van der Waals surface area contributed by atoms with Crippen molar-refractivity contribution in [3.63, 3.8) is 0 Å². The summed E-state index contributed by atoms with van der Waals surface area (Å²) in [5.41, 5.74) is 1.04. The van der Waals surface area contributed by atoms with Crippen molar-refractivity contribution < 1.29 is 9.47 Å². The van der Waals surface area contributed by atoms with Crippen LogP contribution in [-0.2, 0) is 4.74 Å². The molecule has 3 nitrogen and oxygen atoms in total. The third kappa shape index (κ3) is 1.91. The number of halogens is 1. The summed E-state index contributed by atoms with van der Waals surface area (Å²) in [6, 6.07) is 2.02. The molecule has 0 N–H and O–H groups in total. The van der Waals surface area contributed by atoms with Gasteiger partial charge in [-0.3, -0.25) is 0 Å². The van der Waals surface area contributed by atoms with E-state index in [4.69, 9.17) is 9.47 Å². The Hall–Kier alpha value is -0.610. The van der Waals surface area contributed by atoms with Crippen molar-refractivity contribution >= 4 is 15.9 Å². The summed E-state index contributed by atoms with van der Waals surface area (Å²) in [5.74, 6) is 0.667. The van der Waals surface area contributed by atoms with Gasteiger partial charge >= 0.3 is 0 Å². The highest BCUT2D eigenvalue weighted by Gasteiger charge is 2.22. The Labute approximate surface area is 91.6 Å². The molecule has 1 aliphatic rings. The standard InChI is InChI=1S/C10H12BrNO2/c1-13-10-8(5-7(11)6-12-10)9-3-2-4-14-9/h5-6,9H,2-4H2,1H3. The number of methoxy groups -OCH3 is 1. The zero-order chi connectivity index (χ0) is 9.97. The van der Waals surface area contributed by atoms with Crippen molar-refractivity contribution in [1.82, 2.24) is 4.98 Å². The van der Waals surface area contributed by atoms with Crippen LogP contribution in [-0.4, -0.2) is 18.7 Å². The van der Waals surface area contributed by atoms with Crippen molar-refractivity contribution in [2.75, 3.05) is 13.7 Å². The van der Waals surface area contributed by atoms with Crippen LogP contribution in [0.5, 0.6) is 5.88 Å². The molecule has 0 radical (unpaired) electrons. The minimum atomic E-state index is 0.148. The molecule has 0 saturated carbocycles.